The molecule has 0 unspecified atom stereocenters. The summed E-state index contributed by atoms with van der Waals surface area (Å²) >= 11 is 0. The van der Waals surface area contributed by atoms with E-state index in [0.29, 0.717) is 10.8 Å². The van der Waals surface area contributed by atoms with Gasteiger partial charge in [-0.1, -0.05) is 224 Å². The quantitative estimate of drug-likeness (QED) is 0.180. The molecule has 49 heavy (non-hydrogen) atoms. The van der Waals surface area contributed by atoms with Crippen LogP contribution in [0.3, 0.4) is 0 Å². The molecule has 0 aromatic heterocycles. The van der Waals surface area contributed by atoms with Crippen LogP contribution in [0.1, 0.15) is 214 Å². The Kier molecular flexibility index (Phi) is 38.4. The minimum atomic E-state index is 0.147. The molecule has 0 N–H and O–H groups in total. The molecule has 0 radical (unpaired) electrons. The Morgan fingerprint density at radius 3 is 1.22 bits per heavy atom. The summed E-state index contributed by atoms with van der Waals surface area (Å²) in [5, 5.41) is 0. The van der Waals surface area contributed by atoms with Crippen molar-refractivity contribution in [2.24, 2.45) is 10.8 Å². The summed E-state index contributed by atoms with van der Waals surface area (Å²) in [5.74, 6) is 0. The molecule has 0 fully saturated rings. The summed E-state index contributed by atoms with van der Waals surface area (Å²) in [4.78, 5) is 0. The molecule has 0 atom stereocenters. The lowest BCUT2D eigenvalue weighted by atomic mass is 9.75. The van der Waals surface area contributed by atoms with Crippen molar-refractivity contribution < 1.29 is 0 Å². The summed E-state index contributed by atoms with van der Waals surface area (Å²) < 4.78 is 0. The van der Waals surface area contributed by atoms with Crippen LogP contribution >= 0.6 is 0 Å². The Labute approximate surface area is 314 Å². The van der Waals surface area contributed by atoms with Crippen LogP contribution < -0.4 is 0 Å². The largest absolute Gasteiger partial charge is 0.103 e. The first kappa shape index (κ1) is 59.1. The molecule has 1 rings (SSSR count). The highest BCUT2D eigenvalue weighted by Gasteiger charge is 2.25. The van der Waals surface area contributed by atoms with Gasteiger partial charge in [-0.25, -0.2) is 0 Å². The van der Waals surface area contributed by atoms with Crippen molar-refractivity contribution in [2.45, 2.75) is 209 Å². The van der Waals surface area contributed by atoms with Crippen LogP contribution in [-0.4, -0.2) is 0 Å². The minimum Gasteiger partial charge on any atom is -0.103 e. The highest BCUT2D eigenvalue weighted by Crippen LogP contribution is 2.37. The van der Waals surface area contributed by atoms with Gasteiger partial charge in [0.1, 0.15) is 0 Å². The SMILES string of the molecule is C=C(/C=C/c1cc(C(C)(C)C)c(C)c(C(C)(C)C)c1)CCC(CC)(CC)CC.C=C(C)/C=C(\C)C(C)(C)C.C=CC.CC.CC.CC.CC. The normalized spacial score (nSPS) is 11.1. The summed E-state index contributed by atoms with van der Waals surface area (Å²) in [6.45, 7) is 63.4. The number of rotatable bonds is 9. The van der Waals surface area contributed by atoms with Gasteiger partial charge < -0.3 is 0 Å². The Balaban J connectivity index is -0.000000182. The molecular weight excluding hydrogens is 589 g/mol. The first-order valence-electron chi connectivity index (χ1n) is 20.0. The van der Waals surface area contributed by atoms with Gasteiger partial charge in [0, 0.05) is 0 Å². The van der Waals surface area contributed by atoms with Crippen LogP contribution in [0.5, 0.6) is 0 Å². The number of benzene rings is 1. The van der Waals surface area contributed by atoms with E-state index in [1.807, 2.05) is 69.2 Å². The van der Waals surface area contributed by atoms with Gasteiger partial charge in [0.25, 0.3) is 0 Å². The van der Waals surface area contributed by atoms with E-state index in [1.54, 1.807) is 6.08 Å². The molecule has 0 spiro atoms. The van der Waals surface area contributed by atoms with Gasteiger partial charge in [-0.05, 0) is 84.5 Å². The molecule has 0 aliphatic rings. The number of hydrogen-bond donors (Lipinski definition) is 0. The average molecular weight is 683 g/mol. The first-order chi connectivity index (χ1) is 22.5. The van der Waals surface area contributed by atoms with Gasteiger partial charge in [-0.2, -0.15) is 0 Å². The van der Waals surface area contributed by atoms with E-state index in [4.69, 9.17) is 0 Å². The molecule has 1 aromatic carbocycles. The van der Waals surface area contributed by atoms with Crippen LogP contribution in [0.4, 0.5) is 0 Å². The topological polar surface area (TPSA) is 0 Å². The Hall–Kier alpha value is -2.08. The van der Waals surface area contributed by atoms with Crippen molar-refractivity contribution >= 4 is 6.08 Å². The van der Waals surface area contributed by atoms with E-state index in [2.05, 4.69) is 147 Å². The van der Waals surface area contributed by atoms with E-state index in [-0.39, 0.29) is 10.8 Å². The number of hydrogen-bond acceptors (Lipinski definition) is 0. The average Bonchev–Trinajstić information content (AvgIpc) is 3.04. The van der Waals surface area contributed by atoms with Crippen molar-refractivity contribution in [3.63, 3.8) is 0 Å². The van der Waals surface area contributed by atoms with E-state index in [0.717, 1.165) is 12.0 Å². The maximum absolute atomic E-state index is 4.35. The highest BCUT2D eigenvalue weighted by molar-refractivity contribution is 5.58. The summed E-state index contributed by atoms with van der Waals surface area (Å²) in [7, 11) is 0. The van der Waals surface area contributed by atoms with E-state index in [1.165, 1.54) is 59.1 Å². The first-order valence-corrected chi connectivity index (χ1v) is 20.0. The van der Waals surface area contributed by atoms with Crippen molar-refractivity contribution in [3.05, 3.63) is 89.1 Å². The molecule has 0 saturated carbocycles. The summed E-state index contributed by atoms with van der Waals surface area (Å²) in [5.41, 5.74) is 10.5. The van der Waals surface area contributed by atoms with Gasteiger partial charge in [0.05, 0.1) is 0 Å². The van der Waals surface area contributed by atoms with Crippen molar-refractivity contribution in [1.29, 1.82) is 0 Å². The molecule has 0 saturated heterocycles. The highest BCUT2D eigenvalue weighted by atomic mass is 14.3. The lowest BCUT2D eigenvalue weighted by Crippen LogP contribution is -2.20. The van der Waals surface area contributed by atoms with Gasteiger partial charge in [-0.3, -0.25) is 0 Å². The fourth-order valence-corrected chi connectivity index (χ4v) is 4.98. The third-order valence-corrected chi connectivity index (χ3v) is 8.43. The molecule has 0 bridgehead atoms. The smallest absolute Gasteiger partial charge is 0.0129 e. The maximum atomic E-state index is 4.35. The van der Waals surface area contributed by atoms with Crippen LogP contribution in [0.2, 0.25) is 0 Å². The third-order valence-electron chi connectivity index (χ3n) is 8.43. The maximum Gasteiger partial charge on any atom is -0.0129 e. The van der Waals surface area contributed by atoms with Crippen LogP contribution in [0, 0.1) is 17.8 Å². The second-order valence-corrected chi connectivity index (χ2v) is 15.1. The second-order valence-electron chi connectivity index (χ2n) is 15.1. The van der Waals surface area contributed by atoms with Gasteiger partial charge in [0.15, 0.2) is 0 Å². The number of allylic oxidation sites excluding steroid dienone is 6. The molecule has 0 amide bonds. The van der Waals surface area contributed by atoms with Crippen LogP contribution in [0.15, 0.2) is 66.8 Å². The van der Waals surface area contributed by atoms with Gasteiger partial charge in [0.2, 0.25) is 0 Å². The predicted molar refractivity (Wildman–Crippen MR) is 239 cm³/mol. The van der Waals surface area contributed by atoms with Gasteiger partial charge in [-0.15, -0.1) is 6.58 Å². The van der Waals surface area contributed by atoms with Gasteiger partial charge >= 0.3 is 0 Å². The zero-order valence-corrected chi connectivity index (χ0v) is 38.6. The van der Waals surface area contributed by atoms with E-state index < -0.39 is 0 Å². The standard InChI is InChI=1S/C28H46.C10H18.C3H6.4C2H6/c1-12-28(13-2,14-3)18-17-21(4)15-16-23-19-24(26(6,7)8)22(5)25(20-23)27(9,10)11;1-8(2)7-9(3)10(4,5)6;1-3-2;4*1-2/h15-16,19-20H,4,12-14,17-18H2,1-3,5-11H3;7H,1H2,2-6H3;3H,1H2,2H3;4*1-2H3/b16-15+;9-7+;;;;;. The zero-order chi connectivity index (χ0) is 40.8. The molecule has 0 nitrogen and oxygen atoms in total. The van der Waals surface area contributed by atoms with Crippen molar-refractivity contribution in [2.75, 3.05) is 0 Å². The molecule has 0 heteroatoms. The molecule has 0 aliphatic heterocycles. The van der Waals surface area contributed by atoms with E-state index in [9.17, 15) is 0 Å². The fourth-order valence-electron chi connectivity index (χ4n) is 4.98. The third kappa shape index (κ3) is 28.3. The molecule has 290 valence electrons. The zero-order valence-electron chi connectivity index (χ0n) is 38.6. The Morgan fingerprint density at radius 1 is 0.673 bits per heavy atom. The lowest BCUT2D eigenvalue weighted by molar-refractivity contribution is 0.229. The minimum absolute atomic E-state index is 0.147. The summed E-state index contributed by atoms with van der Waals surface area (Å²) in [6, 6.07) is 4.76. The molecule has 0 aliphatic carbocycles. The predicted octanol–water partition coefficient (Wildman–Crippen LogP) is 18.0. The second kappa shape index (κ2) is 31.9. The summed E-state index contributed by atoms with van der Waals surface area (Å²) in [6.07, 6.45) is 14.5. The monoisotopic (exact) mass is 683 g/mol. The Bertz CT molecular complexity index is 968. The molecule has 1 aromatic rings. The van der Waals surface area contributed by atoms with Crippen LogP contribution in [0.25, 0.3) is 6.08 Å². The van der Waals surface area contributed by atoms with Crippen molar-refractivity contribution in [1.82, 2.24) is 0 Å². The fraction of sp³-hybridized carbons (Fsp3) is 0.673. The molecular formula is C49H94. The molecule has 0 heterocycles. The lowest BCUT2D eigenvalue weighted by Gasteiger charge is -2.30. The van der Waals surface area contributed by atoms with Crippen molar-refractivity contribution in [3.8, 4) is 0 Å². The van der Waals surface area contributed by atoms with Crippen LogP contribution in [-0.2, 0) is 10.8 Å². The Morgan fingerprint density at radius 2 is 1.00 bits per heavy atom. The van der Waals surface area contributed by atoms with E-state index >= 15 is 0 Å².